The summed E-state index contributed by atoms with van der Waals surface area (Å²) in [4.78, 5) is 7.01. The van der Waals surface area contributed by atoms with Crippen LogP contribution in [0.25, 0.3) is 22.2 Å². The minimum atomic E-state index is -3.52. The number of rotatable bonds is 5. The number of benzene rings is 3. The molecule has 36 heavy (non-hydrogen) atoms. The molecule has 1 aliphatic heterocycles. The van der Waals surface area contributed by atoms with Crippen molar-refractivity contribution in [1.82, 2.24) is 24.4 Å². The zero-order valence-electron chi connectivity index (χ0n) is 20.4. The van der Waals surface area contributed by atoms with E-state index >= 15 is 0 Å². The summed E-state index contributed by atoms with van der Waals surface area (Å²) in [5.41, 5.74) is 5.85. The molecule has 0 amide bonds. The molecule has 9 nitrogen and oxygen atoms in total. The number of piperazine rings is 1. The lowest BCUT2D eigenvalue weighted by Gasteiger charge is -2.31. The number of sulfonamides is 1. The zero-order valence-corrected chi connectivity index (χ0v) is 21.2. The van der Waals surface area contributed by atoms with Crippen LogP contribution in [0.4, 0.5) is 11.6 Å². The number of hydrogen-bond acceptors (Lipinski definition) is 8. The van der Waals surface area contributed by atoms with Gasteiger partial charge in [0.15, 0.2) is 0 Å². The Morgan fingerprint density at radius 3 is 2.33 bits per heavy atom. The second kappa shape index (κ2) is 9.45. The highest BCUT2D eigenvalue weighted by atomic mass is 32.2. The van der Waals surface area contributed by atoms with E-state index in [-0.39, 0.29) is 10.6 Å². The molecule has 0 radical (unpaired) electrons. The SMILES string of the molecule is Cc1ccc(O)cc1-c1cc(C)c2nc(Nc3ccc(S(=O)(=O)N4CCN(C)CC4)cc3)nnc2c1. The van der Waals surface area contributed by atoms with Gasteiger partial charge in [0, 0.05) is 31.9 Å². The molecule has 4 aromatic rings. The van der Waals surface area contributed by atoms with Gasteiger partial charge in [0.25, 0.3) is 0 Å². The van der Waals surface area contributed by atoms with Crippen molar-refractivity contribution in [2.24, 2.45) is 0 Å². The molecular weight excluding hydrogens is 476 g/mol. The number of phenolic OH excluding ortho intramolecular Hbond substituents is 1. The maximum atomic E-state index is 13.0. The van der Waals surface area contributed by atoms with Crippen LogP contribution in [0.2, 0.25) is 0 Å². The summed E-state index contributed by atoms with van der Waals surface area (Å²) in [7, 11) is -1.53. The summed E-state index contributed by atoms with van der Waals surface area (Å²) in [5.74, 6) is 0.529. The first-order chi connectivity index (χ1) is 17.2. The fourth-order valence-corrected chi connectivity index (χ4v) is 5.78. The number of anilines is 2. The quantitative estimate of drug-likeness (QED) is 0.423. The number of hydrogen-bond donors (Lipinski definition) is 2. The second-order valence-corrected chi connectivity index (χ2v) is 11.1. The average Bonchev–Trinajstić information content (AvgIpc) is 2.86. The molecule has 0 spiro atoms. The lowest BCUT2D eigenvalue weighted by molar-refractivity contribution is 0.222. The van der Waals surface area contributed by atoms with Crippen molar-refractivity contribution in [3.8, 4) is 16.9 Å². The number of aromatic nitrogens is 3. The Balaban J connectivity index is 1.37. The Morgan fingerprint density at radius 2 is 1.61 bits per heavy atom. The van der Waals surface area contributed by atoms with Crippen LogP contribution in [-0.2, 0) is 10.0 Å². The maximum Gasteiger partial charge on any atom is 0.247 e. The van der Waals surface area contributed by atoms with Crippen LogP contribution < -0.4 is 5.32 Å². The number of aryl methyl sites for hydroxylation is 2. The lowest BCUT2D eigenvalue weighted by Crippen LogP contribution is -2.46. The van der Waals surface area contributed by atoms with E-state index < -0.39 is 10.0 Å². The number of fused-ring (bicyclic) bond motifs is 1. The number of nitrogens with one attached hydrogen (secondary N) is 1. The van der Waals surface area contributed by atoms with E-state index in [1.54, 1.807) is 36.4 Å². The summed E-state index contributed by atoms with van der Waals surface area (Å²) in [6.45, 7) is 6.37. The van der Waals surface area contributed by atoms with Gasteiger partial charge in [0.1, 0.15) is 11.3 Å². The number of aromatic hydroxyl groups is 1. The van der Waals surface area contributed by atoms with Gasteiger partial charge in [0.05, 0.1) is 10.4 Å². The summed E-state index contributed by atoms with van der Waals surface area (Å²) in [6, 6.07) is 15.8. The largest absolute Gasteiger partial charge is 0.508 e. The van der Waals surface area contributed by atoms with Crippen molar-refractivity contribution < 1.29 is 13.5 Å². The van der Waals surface area contributed by atoms with Gasteiger partial charge in [-0.25, -0.2) is 13.4 Å². The molecule has 0 bridgehead atoms. The molecule has 0 aliphatic carbocycles. The molecule has 1 fully saturated rings. The van der Waals surface area contributed by atoms with Crippen molar-refractivity contribution in [3.05, 3.63) is 65.7 Å². The second-order valence-electron chi connectivity index (χ2n) is 9.15. The maximum absolute atomic E-state index is 13.0. The normalized spacial score (nSPS) is 15.3. The van der Waals surface area contributed by atoms with Gasteiger partial charge >= 0.3 is 0 Å². The van der Waals surface area contributed by atoms with Crippen LogP contribution in [0.15, 0.2) is 59.5 Å². The van der Waals surface area contributed by atoms with Gasteiger partial charge in [0.2, 0.25) is 16.0 Å². The Hall–Kier alpha value is -3.60. The lowest BCUT2D eigenvalue weighted by atomic mass is 9.98. The molecule has 186 valence electrons. The average molecular weight is 505 g/mol. The molecule has 3 aromatic carbocycles. The van der Waals surface area contributed by atoms with Crippen molar-refractivity contribution in [3.63, 3.8) is 0 Å². The summed E-state index contributed by atoms with van der Waals surface area (Å²) < 4.78 is 27.4. The molecule has 2 heterocycles. The van der Waals surface area contributed by atoms with Crippen LogP contribution in [0.1, 0.15) is 11.1 Å². The highest BCUT2D eigenvalue weighted by molar-refractivity contribution is 7.89. The van der Waals surface area contributed by atoms with E-state index in [0.29, 0.717) is 35.8 Å². The van der Waals surface area contributed by atoms with Gasteiger partial charge in [-0.05, 0) is 91.7 Å². The summed E-state index contributed by atoms with van der Waals surface area (Å²) in [5, 5.41) is 21.6. The molecule has 0 atom stereocenters. The smallest absolute Gasteiger partial charge is 0.247 e. The van der Waals surface area contributed by atoms with Crippen LogP contribution in [0.3, 0.4) is 0 Å². The Labute approximate surface area is 210 Å². The zero-order chi connectivity index (χ0) is 25.4. The predicted molar refractivity (Wildman–Crippen MR) is 140 cm³/mol. The standard InChI is InChI=1S/C26H28N6O3S/c1-17-4-7-21(33)16-23(17)19-14-18(2)25-24(15-19)29-30-26(28-25)27-20-5-8-22(9-6-20)36(34,35)32-12-10-31(3)11-13-32/h4-9,14-16,33H,10-13H2,1-3H3,(H,27,28,30). The Morgan fingerprint density at radius 1 is 0.889 bits per heavy atom. The minimum Gasteiger partial charge on any atom is -0.508 e. The number of nitrogens with zero attached hydrogens (tertiary/aromatic N) is 5. The van der Waals surface area contributed by atoms with Gasteiger partial charge in [-0.2, -0.15) is 4.31 Å². The number of likely N-dealkylation sites (N-methyl/N-ethyl adjacent to an activating group) is 1. The minimum absolute atomic E-state index is 0.208. The highest BCUT2D eigenvalue weighted by Crippen LogP contribution is 2.31. The van der Waals surface area contributed by atoms with Gasteiger partial charge in [-0.1, -0.05) is 6.07 Å². The first-order valence-corrected chi connectivity index (χ1v) is 13.2. The topological polar surface area (TPSA) is 112 Å². The van der Waals surface area contributed by atoms with E-state index in [0.717, 1.165) is 35.3 Å². The van der Waals surface area contributed by atoms with E-state index in [1.165, 1.54) is 4.31 Å². The Kier molecular flexibility index (Phi) is 6.33. The first-order valence-electron chi connectivity index (χ1n) is 11.7. The molecule has 1 aromatic heterocycles. The molecule has 2 N–H and O–H groups in total. The molecule has 10 heteroatoms. The highest BCUT2D eigenvalue weighted by Gasteiger charge is 2.27. The molecular formula is C26H28N6O3S. The molecule has 0 unspecified atom stereocenters. The van der Waals surface area contributed by atoms with Gasteiger partial charge in [-0.3, -0.25) is 0 Å². The van der Waals surface area contributed by atoms with Crippen LogP contribution in [0.5, 0.6) is 5.75 Å². The van der Waals surface area contributed by atoms with Crippen LogP contribution >= 0.6 is 0 Å². The molecule has 1 saturated heterocycles. The fourth-order valence-electron chi connectivity index (χ4n) is 4.36. The third-order valence-electron chi connectivity index (χ3n) is 6.49. The van der Waals surface area contributed by atoms with Crippen LogP contribution in [0, 0.1) is 13.8 Å². The van der Waals surface area contributed by atoms with Crippen molar-refractivity contribution in [2.45, 2.75) is 18.7 Å². The monoisotopic (exact) mass is 504 g/mol. The third kappa shape index (κ3) is 4.75. The van der Waals surface area contributed by atoms with Gasteiger partial charge in [-0.15, -0.1) is 10.2 Å². The van der Waals surface area contributed by atoms with Crippen molar-refractivity contribution in [1.29, 1.82) is 0 Å². The Bertz CT molecular complexity index is 1530. The summed E-state index contributed by atoms with van der Waals surface area (Å²) >= 11 is 0. The molecule has 1 aliphatic rings. The van der Waals surface area contributed by atoms with Crippen molar-refractivity contribution >= 4 is 32.7 Å². The fraction of sp³-hybridized carbons (Fsp3) is 0.269. The van der Waals surface area contributed by atoms with E-state index in [1.807, 2.05) is 39.1 Å². The van der Waals surface area contributed by atoms with Gasteiger partial charge < -0.3 is 15.3 Å². The van der Waals surface area contributed by atoms with E-state index in [4.69, 9.17) is 0 Å². The number of phenols is 1. The predicted octanol–water partition coefficient (Wildman–Crippen LogP) is 3.69. The van der Waals surface area contributed by atoms with Crippen LogP contribution in [-0.4, -0.2) is 71.1 Å². The molecule has 5 rings (SSSR count). The summed E-state index contributed by atoms with van der Waals surface area (Å²) in [6.07, 6.45) is 0. The third-order valence-corrected chi connectivity index (χ3v) is 8.41. The first kappa shape index (κ1) is 24.1. The van der Waals surface area contributed by atoms with Crippen molar-refractivity contribution in [2.75, 3.05) is 38.5 Å². The van der Waals surface area contributed by atoms with E-state index in [2.05, 4.69) is 25.4 Å². The van der Waals surface area contributed by atoms with E-state index in [9.17, 15) is 13.5 Å². The molecule has 0 saturated carbocycles.